The molecular weight excluding hydrogens is 202 g/mol. The Labute approximate surface area is 85.4 Å². The minimum Gasteiger partial charge on any atom is -0.504 e. The average Bonchev–Trinajstić information content (AvgIpc) is 2.28. The Morgan fingerprint density at radius 2 is 1.93 bits per heavy atom. The summed E-state index contributed by atoms with van der Waals surface area (Å²) in [6.45, 7) is 0. The number of aldehydes is 1. The first-order valence-corrected chi connectivity index (χ1v) is 3.96. The zero-order valence-corrected chi connectivity index (χ0v) is 8.18. The Kier molecular flexibility index (Phi) is 3.22. The number of hydrogen-bond donors (Lipinski definition) is 1. The summed E-state index contributed by atoms with van der Waals surface area (Å²) in [5, 5.41) is 12.2. The van der Waals surface area contributed by atoms with E-state index in [1.165, 1.54) is 14.2 Å². The monoisotopic (exact) mass is 211 g/mol. The number of carbonyl (C=O) groups excluding carboxylic acids is 1. The van der Waals surface area contributed by atoms with Crippen molar-refractivity contribution in [3.8, 4) is 17.2 Å². The summed E-state index contributed by atoms with van der Waals surface area (Å²) in [6.07, 6.45) is 0.395. The van der Waals surface area contributed by atoms with Crippen LogP contribution < -0.4 is 9.47 Å². The summed E-state index contributed by atoms with van der Waals surface area (Å²) in [5.74, 6) is -0.468. The number of nitroso groups, excluding NO2 is 1. The number of rotatable bonds is 4. The van der Waals surface area contributed by atoms with Crippen LogP contribution in [-0.4, -0.2) is 25.6 Å². The van der Waals surface area contributed by atoms with E-state index in [4.69, 9.17) is 9.47 Å². The molecule has 0 saturated carbocycles. The highest BCUT2D eigenvalue weighted by Gasteiger charge is 2.19. The maximum absolute atomic E-state index is 10.6. The zero-order chi connectivity index (χ0) is 11.4. The van der Waals surface area contributed by atoms with Crippen LogP contribution in [0.2, 0.25) is 0 Å². The van der Waals surface area contributed by atoms with E-state index in [9.17, 15) is 14.8 Å². The van der Waals surface area contributed by atoms with E-state index < -0.39 is 0 Å². The van der Waals surface area contributed by atoms with Crippen LogP contribution in [0.5, 0.6) is 17.2 Å². The van der Waals surface area contributed by atoms with Crippen LogP contribution in [-0.2, 0) is 0 Å². The molecule has 1 aromatic carbocycles. The van der Waals surface area contributed by atoms with Crippen molar-refractivity contribution in [3.63, 3.8) is 0 Å². The minimum absolute atomic E-state index is 0.00407. The summed E-state index contributed by atoms with van der Waals surface area (Å²) < 4.78 is 9.66. The highest BCUT2D eigenvalue weighted by molar-refractivity contribution is 5.85. The van der Waals surface area contributed by atoms with Crippen LogP contribution in [0.4, 0.5) is 5.69 Å². The Morgan fingerprint density at radius 3 is 2.33 bits per heavy atom. The lowest BCUT2D eigenvalue weighted by atomic mass is 10.1. The molecule has 0 fully saturated rings. The Hall–Kier alpha value is -2.11. The molecule has 0 aromatic heterocycles. The van der Waals surface area contributed by atoms with Crippen molar-refractivity contribution in [1.82, 2.24) is 0 Å². The number of phenols is 1. The molecule has 15 heavy (non-hydrogen) atoms. The van der Waals surface area contributed by atoms with E-state index >= 15 is 0 Å². The van der Waals surface area contributed by atoms with Gasteiger partial charge in [0.25, 0.3) is 0 Å². The maximum atomic E-state index is 10.6. The van der Waals surface area contributed by atoms with E-state index in [-0.39, 0.29) is 28.5 Å². The lowest BCUT2D eigenvalue weighted by Crippen LogP contribution is -1.94. The fourth-order valence-corrected chi connectivity index (χ4v) is 1.18. The van der Waals surface area contributed by atoms with Gasteiger partial charge in [-0.1, -0.05) is 0 Å². The number of hydrogen-bond acceptors (Lipinski definition) is 6. The molecule has 0 radical (unpaired) electrons. The topological polar surface area (TPSA) is 85.2 Å². The lowest BCUT2D eigenvalue weighted by molar-refractivity contribution is 0.112. The first-order chi connectivity index (χ1) is 7.19. The second kappa shape index (κ2) is 4.41. The predicted molar refractivity (Wildman–Crippen MR) is 52.1 cm³/mol. The summed E-state index contributed by atoms with van der Waals surface area (Å²) in [4.78, 5) is 21.0. The van der Waals surface area contributed by atoms with Gasteiger partial charge in [0.15, 0.2) is 23.5 Å². The van der Waals surface area contributed by atoms with Crippen molar-refractivity contribution in [2.75, 3.05) is 14.2 Å². The number of benzene rings is 1. The first-order valence-electron chi connectivity index (χ1n) is 3.96. The maximum Gasteiger partial charge on any atom is 0.206 e. The standard InChI is InChI=1S/C9H9NO5/c1-14-8-6(10-13)3-5(4-11)7(12)9(8)15-2/h3-4,12H,1-2H3. The van der Waals surface area contributed by atoms with Crippen molar-refractivity contribution in [2.24, 2.45) is 5.18 Å². The van der Waals surface area contributed by atoms with Gasteiger partial charge in [0, 0.05) is 0 Å². The third kappa shape index (κ3) is 1.74. The van der Waals surface area contributed by atoms with Crippen molar-refractivity contribution in [3.05, 3.63) is 16.5 Å². The zero-order valence-electron chi connectivity index (χ0n) is 8.18. The van der Waals surface area contributed by atoms with Gasteiger partial charge in [-0.3, -0.25) is 4.79 Å². The van der Waals surface area contributed by atoms with Crippen LogP contribution in [0.25, 0.3) is 0 Å². The van der Waals surface area contributed by atoms with Gasteiger partial charge in [-0.2, -0.15) is 0 Å². The molecule has 0 aliphatic carbocycles. The Bertz CT molecular complexity index is 402. The van der Waals surface area contributed by atoms with Gasteiger partial charge in [-0.15, -0.1) is 4.91 Å². The van der Waals surface area contributed by atoms with Crippen LogP contribution in [0.15, 0.2) is 11.2 Å². The van der Waals surface area contributed by atoms with E-state index in [1.807, 2.05) is 0 Å². The van der Waals surface area contributed by atoms with Gasteiger partial charge < -0.3 is 14.6 Å². The smallest absolute Gasteiger partial charge is 0.206 e. The summed E-state index contributed by atoms with van der Waals surface area (Å²) in [5.41, 5.74) is -0.184. The van der Waals surface area contributed by atoms with Crippen molar-refractivity contribution < 1.29 is 19.4 Å². The minimum atomic E-state index is -0.378. The van der Waals surface area contributed by atoms with Gasteiger partial charge in [-0.25, -0.2) is 0 Å². The molecule has 0 spiro atoms. The molecule has 80 valence electrons. The molecule has 0 aliphatic rings. The molecule has 6 nitrogen and oxygen atoms in total. The molecule has 6 heteroatoms. The number of ether oxygens (including phenoxy) is 2. The van der Waals surface area contributed by atoms with Crippen molar-refractivity contribution >= 4 is 12.0 Å². The molecule has 0 unspecified atom stereocenters. The quantitative estimate of drug-likeness (QED) is 0.604. The number of aromatic hydroxyl groups is 1. The third-order valence-electron chi connectivity index (χ3n) is 1.85. The first kappa shape index (κ1) is 11.0. The van der Waals surface area contributed by atoms with Gasteiger partial charge in [0.2, 0.25) is 5.75 Å². The molecule has 1 N–H and O–H groups in total. The van der Waals surface area contributed by atoms with Crippen LogP contribution in [0.1, 0.15) is 10.4 Å². The molecular formula is C9H9NO5. The number of phenolic OH excluding ortho intramolecular Hbond substituents is 1. The Balaban J connectivity index is 3.56. The summed E-state index contributed by atoms with van der Waals surface area (Å²) in [7, 11) is 2.58. The summed E-state index contributed by atoms with van der Waals surface area (Å²) in [6, 6.07) is 1.12. The normalized spacial score (nSPS) is 9.47. The molecule has 0 aliphatic heterocycles. The highest BCUT2D eigenvalue weighted by atomic mass is 16.5. The summed E-state index contributed by atoms with van der Waals surface area (Å²) >= 11 is 0. The Morgan fingerprint density at radius 1 is 1.33 bits per heavy atom. The average molecular weight is 211 g/mol. The van der Waals surface area contributed by atoms with Crippen LogP contribution in [0.3, 0.4) is 0 Å². The molecule has 1 rings (SSSR count). The molecule has 0 saturated heterocycles. The molecule has 0 amide bonds. The third-order valence-corrected chi connectivity index (χ3v) is 1.85. The van der Waals surface area contributed by atoms with E-state index in [1.54, 1.807) is 0 Å². The number of carbonyl (C=O) groups is 1. The van der Waals surface area contributed by atoms with Gasteiger partial charge in [0.1, 0.15) is 0 Å². The van der Waals surface area contributed by atoms with Crippen LogP contribution in [0, 0.1) is 4.91 Å². The number of nitrogens with zero attached hydrogens (tertiary/aromatic N) is 1. The van der Waals surface area contributed by atoms with Gasteiger partial charge >= 0.3 is 0 Å². The fraction of sp³-hybridized carbons (Fsp3) is 0.222. The SMILES string of the molecule is COc1c(N=O)cc(C=O)c(O)c1OC. The molecule has 0 bridgehead atoms. The number of methoxy groups -OCH3 is 2. The largest absolute Gasteiger partial charge is 0.504 e. The van der Waals surface area contributed by atoms with Gasteiger partial charge in [-0.05, 0) is 11.2 Å². The molecule has 1 aromatic rings. The van der Waals surface area contributed by atoms with E-state index in [0.717, 1.165) is 6.07 Å². The second-order valence-electron chi connectivity index (χ2n) is 2.61. The van der Waals surface area contributed by atoms with E-state index in [2.05, 4.69) is 5.18 Å². The lowest BCUT2D eigenvalue weighted by Gasteiger charge is -2.11. The highest BCUT2D eigenvalue weighted by Crippen LogP contribution is 2.45. The second-order valence-corrected chi connectivity index (χ2v) is 2.61. The predicted octanol–water partition coefficient (Wildman–Crippen LogP) is 1.62. The van der Waals surface area contributed by atoms with Crippen molar-refractivity contribution in [2.45, 2.75) is 0 Å². The van der Waals surface area contributed by atoms with Crippen LogP contribution >= 0.6 is 0 Å². The fourth-order valence-electron chi connectivity index (χ4n) is 1.18. The molecule has 0 heterocycles. The van der Waals surface area contributed by atoms with E-state index in [0.29, 0.717) is 6.29 Å². The van der Waals surface area contributed by atoms with Gasteiger partial charge in [0.05, 0.1) is 19.8 Å². The van der Waals surface area contributed by atoms with Crippen molar-refractivity contribution in [1.29, 1.82) is 0 Å². The molecule has 0 atom stereocenters.